The summed E-state index contributed by atoms with van der Waals surface area (Å²) in [6, 6.07) is 5.73. The number of nitrogens with one attached hydrogen (secondary N) is 1. The number of thiophene rings is 1. The summed E-state index contributed by atoms with van der Waals surface area (Å²) in [5.41, 5.74) is 2.75. The fourth-order valence-corrected chi connectivity index (χ4v) is 5.74. The normalized spacial score (nSPS) is 15.9. The number of halogens is 1. The highest BCUT2D eigenvalue weighted by Gasteiger charge is 2.34. The van der Waals surface area contributed by atoms with Gasteiger partial charge in [0.25, 0.3) is 5.91 Å². The van der Waals surface area contributed by atoms with E-state index in [2.05, 4.69) is 42.0 Å². The highest BCUT2D eigenvalue weighted by molar-refractivity contribution is 9.10. The van der Waals surface area contributed by atoms with E-state index >= 15 is 0 Å². The quantitative estimate of drug-likeness (QED) is 0.484. The van der Waals surface area contributed by atoms with Crippen LogP contribution in [0.5, 0.6) is 5.75 Å². The number of aryl methyl sites for hydroxylation is 1. The third kappa shape index (κ3) is 5.50. The van der Waals surface area contributed by atoms with Gasteiger partial charge < -0.3 is 14.8 Å². The Morgan fingerprint density at radius 1 is 1.29 bits per heavy atom. The number of rotatable bonds is 6. The molecule has 1 aliphatic rings. The second-order valence-corrected chi connectivity index (χ2v) is 11.0. The summed E-state index contributed by atoms with van der Waals surface area (Å²) < 4.78 is 11.8. The first-order valence-electron chi connectivity index (χ1n) is 10.6. The van der Waals surface area contributed by atoms with Gasteiger partial charge in [0, 0.05) is 9.35 Å². The van der Waals surface area contributed by atoms with E-state index in [1.54, 1.807) is 0 Å². The molecule has 1 heterocycles. The zero-order valence-electron chi connectivity index (χ0n) is 18.8. The number of benzene rings is 1. The molecule has 1 aliphatic carbocycles. The summed E-state index contributed by atoms with van der Waals surface area (Å²) >= 11 is 4.95. The molecule has 0 fully saturated rings. The molecule has 1 atom stereocenters. The number of carbonyl (C=O) groups excluding carboxylic acids is 2. The molecule has 1 N–H and O–H groups in total. The third-order valence-corrected chi connectivity index (χ3v) is 7.56. The van der Waals surface area contributed by atoms with Gasteiger partial charge in [-0.05, 0) is 66.3 Å². The van der Waals surface area contributed by atoms with Gasteiger partial charge in [-0.3, -0.25) is 4.79 Å². The molecule has 1 amide bonds. The Bertz CT molecular complexity index is 977. The van der Waals surface area contributed by atoms with Crippen LogP contribution in [0.3, 0.4) is 0 Å². The second kappa shape index (κ2) is 9.74. The summed E-state index contributed by atoms with van der Waals surface area (Å²) in [5.74, 6) is 0.540. The Morgan fingerprint density at radius 2 is 2.03 bits per heavy atom. The molecular formula is C24H30BrNO4S. The van der Waals surface area contributed by atoms with E-state index in [1.807, 2.05) is 25.1 Å². The zero-order valence-corrected chi connectivity index (χ0v) is 21.2. The van der Waals surface area contributed by atoms with Gasteiger partial charge in [0.2, 0.25) is 0 Å². The second-order valence-electron chi connectivity index (χ2n) is 8.95. The van der Waals surface area contributed by atoms with Crippen molar-refractivity contribution < 1.29 is 19.1 Å². The average molecular weight is 508 g/mol. The maximum Gasteiger partial charge on any atom is 0.341 e. The Kier molecular flexibility index (Phi) is 7.47. The fourth-order valence-electron chi connectivity index (χ4n) is 4.00. The van der Waals surface area contributed by atoms with E-state index in [9.17, 15) is 9.59 Å². The van der Waals surface area contributed by atoms with Crippen molar-refractivity contribution in [1.29, 1.82) is 0 Å². The van der Waals surface area contributed by atoms with E-state index in [-0.39, 0.29) is 17.9 Å². The molecule has 0 radical (unpaired) electrons. The van der Waals surface area contributed by atoms with Gasteiger partial charge in [0.15, 0.2) is 6.61 Å². The monoisotopic (exact) mass is 507 g/mol. The molecule has 31 heavy (non-hydrogen) atoms. The van der Waals surface area contributed by atoms with Gasteiger partial charge in [0.1, 0.15) is 10.8 Å². The predicted molar refractivity (Wildman–Crippen MR) is 128 cm³/mol. The van der Waals surface area contributed by atoms with Gasteiger partial charge in [-0.2, -0.15) is 0 Å². The maximum absolute atomic E-state index is 12.7. The van der Waals surface area contributed by atoms with Crippen molar-refractivity contribution in [2.24, 2.45) is 11.3 Å². The van der Waals surface area contributed by atoms with Gasteiger partial charge in [-0.25, -0.2) is 4.79 Å². The SMILES string of the molecule is CCc1cc(Br)ccc1OCC(=O)Nc1sc2c(c1C(=O)OC)CCC(C(C)(C)C)C2. The summed E-state index contributed by atoms with van der Waals surface area (Å²) in [5, 5.41) is 3.46. The van der Waals surface area contributed by atoms with Crippen LogP contribution >= 0.6 is 27.3 Å². The molecule has 2 aromatic rings. The van der Waals surface area contributed by atoms with Crippen LogP contribution in [0.4, 0.5) is 5.00 Å². The lowest BCUT2D eigenvalue weighted by molar-refractivity contribution is -0.118. The molecule has 0 saturated carbocycles. The number of anilines is 1. The number of hydrogen-bond donors (Lipinski definition) is 1. The average Bonchev–Trinajstić information content (AvgIpc) is 3.08. The van der Waals surface area contributed by atoms with Crippen molar-refractivity contribution in [2.45, 2.75) is 53.4 Å². The molecule has 168 valence electrons. The Balaban J connectivity index is 1.77. The lowest BCUT2D eigenvalue weighted by Crippen LogP contribution is -2.26. The molecule has 3 rings (SSSR count). The van der Waals surface area contributed by atoms with Crippen LogP contribution in [-0.2, 0) is 28.8 Å². The molecule has 0 spiro atoms. The van der Waals surface area contributed by atoms with Crippen molar-refractivity contribution in [3.8, 4) is 5.75 Å². The summed E-state index contributed by atoms with van der Waals surface area (Å²) in [7, 11) is 1.38. The number of amides is 1. The van der Waals surface area contributed by atoms with Crippen molar-refractivity contribution >= 4 is 44.1 Å². The number of fused-ring (bicyclic) bond motifs is 1. The van der Waals surface area contributed by atoms with Crippen molar-refractivity contribution in [3.63, 3.8) is 0 Å². The highest BCUT2D eigenvalue weighted by Crippen LogP contribution is 2.44. The van der Waals surface area contributed by atoms with E-state index < -0.39 is 5.97 Å². The first kappa shape index (κ1) is 23.8. The van der Waals surface area contributed by atoms with Gasteiger partial charge in [-0.15, -0.1) is 11.3 Å². The number of ether oxygens (including phenoxy) is 2. The summed E-state index contributed by atoms with van der Waals surface area (Å²) in [4.78, 5) is 26.4. The molecule has 5 nitrogen and oxygen atoms in total. The van der Waals surface area contributed by atoms with Crippen LogP contribution in [0.25, 0.3) is 0 Å². The molecule has 7 heteroatoms. The largest absolute Gasteiger partial charge is 0.483 e. The molecule has 0 saturated heterocycles. The number of esters is 1. The Hall–Kier alpha value is -1.86. The first-order valence-corrected chi connectivity index (χ1v) is 12.2. The Labute approximate surface area is 196 Å². The smallest absolute Gasteiger partial charge is 0.341 e. The van der Waals surface area contributed by atoms with Crippen molar-refractivity contribution in [3.05, 3.63) is 44.2 Å². The Morgan fingerprint density at radius 3 is 2.68 bits per heavy atom. The minimum atomic E-state index is -0.399. The lowest BCUT2D eigenvalue weighted by Gasteiger charge is -2.33. The van der Waals surface area contributed by atoms with Gasteiger partial charge in [-0.1, -0.05) is 43.6 Å². The summed E-state index contributed by atoms with van der Waals surface area (Å²) in [6.45, 7) is 8.68. The van der Waals surface area contributed by atoms with Crippen LogP contribution in [0.2, 0.25) is 0 Å². The van der Waals surface area contributed by atoms with Crippen LogP contribution in [0.1, 0.15) is 60.5 Å². The minimum Gasteiger partial charge on any atom is -0.483 e. The van der Waals surface area contributed by atoms with Crippen LogP contribution in [-0.4, -0.2) is 25.6 Å². The van der Waals surface area contributed by atoms with E-state index in [0.717, 1.165) is 41.3 Å². The molecular weight excluding hydrogens is 478 g/mol. The lowest BCUT2D eigenvalue weighted by atomic mass is 9.72. The summed E-state index contributed by atoms with van der Waals surface area (Å²) in [6.07, 6.45) is 3.56. The van der Waals surface area contributed by atoms with E-state index in [0.29, 0.717) is 22.2 Å². The van der Waals surface area contributed by atoms with Crippen LogP contribution < -0.4 is 10.1 Å². The molecule has 0 bridgehead atoms. The van der Waals surface area contributed by atoms with Crippen LogP contribution in [0, 0.1) is 11.3 Å². The fraction of sp³-hybridized carbons (Fsp3) is 0.500. The first-order chi connectivity index (χ1) is 14.6. The van der Waals surface area contributed by atoms with Crippen LogP contribution in [0.15, 0.2) is 22.7 Å². The van der Waals surface area contributed by atoms with Gasteiger partial charge in [0.05, 0.1) is 12.7 Å². The van der Waals surface area contributed by atoms with Gasteiger partial charge >= 0.3 is 5.97 Å². The molecule has 1 aromatic carbocycles. The van der Waals surface area contributed by atoms with Crippen molar-refractivity contribution in [2.75, 3.05) is 19.0 Å². The third-order valence-electron chi connectivity index (χ3n) is 5.89. The zero-order chi connectivity index (χ0) is 22.8. The topological polar surface area (TPSA) is 64.6 Å². The molecule has 1 aromatic heterocycles. The minimum absolute atomic E-state index is 0.123. The number of carbonyl (C=O) groups is 2. The number of methoxy groups -OCH3 is 1. The van der Waals surface area contributed by atoms with E-state index in [1.165, 1.54) is 23.3 Å². The van der Waals surface area contributed by atoms with Crippen molar-refractivity contribution in [1.82, 2.24) is 0 Å². The number of hydrogen-bond acceptors (Lipinski definition) is 5. The predicted octanol–water partition coefficient (Wildman–Crippen LogP) is 6.03. The molecule has 0 aliphatic heterocycles. The van der Waals surface area contributed by atoms with E-state index in [4.69, 9.17) is 9.47 Å². The maximum atomic E-state index is 12.7. The highest BCUT2D eigenvalue weighted by atomic mass is 79.9. The molecule has 1 unspecified atom stereocenters. The standard InChI is InChI=1S/C24H30BrNO4S/c1-6-14-11-16(25)8-10-18(14)30-13-20(27)26-22-21(23(28)29-5)17-9-7-15(24(2,3)4)12-19(17)31-22/h8,10-11,15H,6-7,9,12-13H2,1-5H3,(H,26,27).